The molecule has 0 aliphatic carbocycles. The van der Waals surface area contributed by atoms with Gasteiger partial charge in [-0.3, -0.25) is 4.79 Å². The highest BCUT2D eigenvalue weighted by atomic mass is 35.5. The zero-order valence-corrected chi connectivity index (χ0v) is 12.2. The van der Waals surface area contributed by atoms with Crippen LogP contribution in [-0.4, -0.2) is 32.8 Å². The zero-order valence-electron chi connectivity index (χ0n) is 10.6. The molecule has 0 aliphatic rings. The SMILES string of the molecule is COCCOc1ccc(NC(=O)CCN)cc1Cl.Cl. The summed E-state index contributed by atoms with van der Waals surface area (Å²) in [5.74, 6) is 0.423. The maximum atomic E-state index is 11.3. The van der Waals surface area contributed by atoms with Gasteiger partial charge in [0.1, 0.15) is 12.4 Å². The molecule has 19 heavy (non-hydrogen) atoms. The molecule has 0 saturated carbocycles. The number of anilines is 1. The number of carbonyl (C=O) groups excluding carboxylic acids is 1. The number of hydrogen-bond acceptors (Lipinski definition) is 4. The lowest BCUT2D eigenvalue weighted by Crippen LogP contribution is -2.16. The Morgan fingerprint density at radius 2 is 2.16 bits per heavy atom. The van der Waals surface area contributed by atoms with Crippen molar-refractivity contribution in [2.24, 2.45) is 5.73 Å². The highest BCUT2D eigenvalue weighted by Gasteiger charge is 2.05. The molecule has 0 bridgehead atoms. The summed E-state index contributed by atoms with van der Waals surface area (Å²) in [6.07, 6.45) is 0.281. The Hall–Kier alpha value is -1.01. The lowest BCUT2D eigenvalue weighted by Gasteiger charge is -2.10. The van der Waals surface area contributed by atoms with Crippen molar-refractivity contribution in [2.45, 2.75) is 6.42 Å². The van der Waals surface area contributed by atoms with Gasteiger partial charge in [0.15, 0.2) is 0 Å². The van der Waals surface area contributed by atoms with Crippen LogP contribution in [0.1, 0.15) is 6.42 Å². The topological polar surface area (TPSA) is 73.6 Å². The molecule has 0 atom stereocenters. The molecular formula is C12H18Cl2N2O3. The Balaban J connectivity index is 0.00000324. The van der Waals surface area contributed by atoms with Crippen LogP contribution < -0.4 is 15.8 Å². The maximum absolute atomic E-state index is 11.3. The molecule has 0 aromatic heterocycles. The number of nitrogens with one attached hydrogen (secondary N) is 1. The van der Waals surface area contributed by atoms with E-state index in [1.807, 2.05) is 0 Å². The Bertz CT molecular complexity index is 403. The van der Waals surface area contributed by atoms with E-state index in [9.17, 15) is 4.79 Å². The second kappa shape index (κ2) is 9.86. The molecule has 0 saturated heterocycles. The standard InChI is InChI=1S/C12H17ClN2O3.ClH/c1-17-6-7-18-11-3-2-9(8-10(11)13)15-12(16)4-5-14;/h2-3,8H,4-7,14H2,1H3,(H,15,16);1H. The van der Waals surface area contributed by atoms with Crippen LogP contribution in [0.3, 0.4) is 0 Å². The van der Waals surface area contributed by atoms with E-state index in [4.69, 9.17) is 26.8 Å². The van der Waals surface area contributed by atoms with Gasteiger partial charge in [0.25, 0.3) is 0 Å². The van der Waals surface area contributed by atoms with Crippen molar-refractivity contribution < 1.29 is 14.3 Å². The molecule has 3 N–H and O–H groups in total. The fraction of sp³-hybridized carbons (Fsp3) is 0.417. The summed E-state index contributed by atoms with van der Waals surface area (Å²) in [5.41, 5.74) is 5.91. The Kier molecular flexibility index (Phi) is 9.34. The molecule has 1 rings (SSSR count). The lowest BCUT2D eigenvalue weighted by molar-refractivity contribution is -0.116. The van der Waals surface area contributed by atoms with Crippen molar-refractivity contribution in [3.05, 3.63) is 23.2 Å². The summed E-state index contributed by atoms with van der Waals surface area (Å²) in [4.78, 5) is 11.3. The summed E-state index contributed by atoms with van der Waals surface area (Å²) < 4.78 is 10.3. The molecule has 0 radical (unpaired) electrons. The lowest BCUT2D eigenvalue weighted by atomic mass is 10.3. The third-order valence-electron chi connectivity index (χ3n) is 2.13. The molecule has 1 aromatic carbocycles. The number of benzene rings is 1. The monoisotopic (exact) mass is 308 g/mol. The molecular weight excluding hydrogens is 291 g/mol. The summed E-state index contributed by atoms with van der Waals surface area (Å²) in [7, 11) is 1.60. The van der Waals surface area contributed by atoms with Crippen LogP contribution in [-0.2, 0) is 9.53 Å². The van der Waals surface area contributed by atoms with Gasteiger partial charge in [-0.15, -0.1) is 12.4 Å². The van der Waals surface area contributed by atoms with Crippen molar-refractivity contribution in [1.29, 1.82) is 0 Å². The first-order chi connectivity index (χ1) is 8.67. The molecule has 108 valence electrons. The minimum Gasteiger partial charge on any atom is -0.490 e. The number of methoxy groups -OCH3 is 1. The van der Waals surface area contributed by atoms with Crippen molar-refractivity contribution in [3.63, 3.8) is 0 Å². The van der Waals surface area contributed by atoms with Crippen molar-refractivity contribution in [1.82, 2.24) is 0 Å². The average Bonchev–Trinajstić information content (AvgIpc) is 2.32. The highest BCUT2D eigenvalue weighted by Crippen LogP contribution is 2.27. The number of hydrogen-bond donors (Lipinski definition) is 2. The highest BCUT2D eigenvalue weighted by molar-refractivity contribution is 6.32. The molecule has 0 fully saturated rings. The van der Waals surface area contributed by atoms with E-state index < -0.39 is 0 Å². The Morgan fingerprint density at radius 1 is 1.42 bits per heavy atom. The third kappa shape index (κ3) is 6.63. The first kappa shape index (κ1) is 18.0. The fourth-order valence-electron chi connectivity index (χ4n) is 1.29. The molecule has 0 aliphatic heterocycles. The van der Waals surface area contributed by atoms with Crippen LogP contribution in [0, 0.1) is 0 Å². The van der Waals surface area contributed by atoms with Gasteiger partial charge in [-0.2, -0.15) is 0 Å². The number of rotatable bonds is 7. The summed E-state index contributed by atoms with van der Waals surface area (Å²) >= 11 is 6.03. The van der Waals surface area contributed by atoms with Gasteiger partial charge in [0, 0.05) is 25.8 Å². The fourth-order valence-corrected chi connectivity index (χ4v) is 1.52. The van der Waals surface area contributed by atoms with Crippen LogP contribution in [0.25, 0.3) is 0 Å². The van der Waals surface area contributed by atoms with Gasteiger partial charge in [0.05, 0.1) is 11.6 Å². The largest absolute Gasteiger partial charge is 0.490 e. The number of nitrogens with two attached hydrogens (primary N) is 1. The van der Waals surface area contributed by atoms with Crippen LogP contribution in [0.5, 0.6) is 5.75 Å². The van der Waals surface area contributed by atoms with E-state index in [0.717, 1.165) is 0 Å². The molecule has 0 heterocycles. The van der Waals surface area contributed by atoms with Crippen molar-refractivity contribution in [2.75, 3.05) is 32.2 Å². The predicted molar refractivity (Wildman–Crippen MR) is 78.4 cm³/mol. The van der Waals surface area contributed by atoms with Crippen molar-refractivity contribution >= 4 is 35.6 Å². The Labute approximate surface area is 123 Å². The molecule has 1 aromatic rings. The third-order valence-corrected chi connectivity index (χ3v) is 2.43. The van der Waals surface area contributed by atoms with E-state index in [2.05, 4.69) is 5.32 Å². The number of amides is 1. The Morgan fingerprint density at radius 3 is 2.74 bits per heavy atom. The second-order valence-electron chi connectivity index (χ2n) is 3.57. The smallest absolute Gasteiger partial charge is 0.225 e. The van der Waals surface area contributed by atoms with Gasteiger partial charge < -0.3 is 20.5 Å². The summed E-state index contributed by atoms with van der Waals surface area (Å²) in [6, 6.07) is 5.07. The molecule has 0 spiro atoms. The minimum absolute atomic E-state index is 0. The molecule has 1 amide bonds. The van der Waals surface area contributed by atoms with Gasteiger partial charge in [-0.05, 0) is 18.2 Å². The second-order valence-corrected chi connectivity index (χ2v) is 3.98. The first-order valence-corrected chi connectivity index (χ1v) is 5.96. The van der Waals surface area contributed by atoms with E-state index in [1.54, 1.807) is 25.3 Å². The van der Waals surface area contributed by atoms with Gasteiger partial charge in [0.2, 0.25) is 5.91 Å². The average molecular weight is 309 g/mol. The van der Waals surface area contributed by atoms with E-state index >= 15 is 0 Å². The van der Waals surface area contributed by atoms with Crippen LogP contribution >= 0.6 is 24.0 Å². The normalized spacial score (nSPS) is 9.63. The maximum Gasteiger partial charge on any atom is 0.225 e. The quantitative estimate of drug-likeness (QED) is 0.756. The zero-order chi connectivity index (χ0) is 13.4. The van der Waals surface area contributed by atoms with Crippen LogP contribution in [0.2, 0.25) is 5.02 Å². The van der Waals surface area contributed by atoms with Crippen LogP contribution in [0.4, 0.5) is 5.69 Å². The predicted octanol–water partition coefficient (Wildman–Crippen LogP) is 2.07. The van der Waals surface area contributed by atoms with Gasteiger partial charge >= 0.3 is 0 Å². The van der Waals surface area contributed by atoms with Gasteiger partial charge in [-0.25, -0.2) is 0 Å². The van der Waals surface area contributed by atoms with Crippen molar-refractivity contribution in [3.8, 4) is 5.75 Å². The summed E-state index contributed by atoms with van der Waals surface area (Å²) in [5, 5.41) is 3.14. The molecule has 5 nitrogen and oxygen atoms in total. The van der Waals surface area contributed by atoms with E-state index in [1.165, 1.54) is 0 Å². The van der Waals surface area contributed by atoms with E-state index in [0.29, 0.717) is 36.2 Å². The number of carbonyl (C=O) groups is 1. The molecule has 0 unspecified atom stereocenters. The van der Waals surface area contributed by atoms with Gasteiger partial charge in [-0.1, -0.05) is 11.6 Å². The van der Waals surface area contributed by atoms with E-state index in [-0.39, 0.29) is 24.7 Å². The number of ether oxygens (including phenoxy) is 2. The molecule has 7 heteroatoms. The first-order valence-electron chi connectivity index (χ1n) is 5.58. The number of halogens is 2. The minimum atomic E-state index is -0.137. The van der Waals surface area contributed by atoms with Crippen LogP contribution in [0.15, 0.2) is 18.2 Å². The summed E-state index contributed by atoms with van der Waals surface area (Å²) in [6.45, 7) is 1.23.